The number of halogens is 1. The number of amides is 1. The molecule has 7 heteroatoms. The van der Waals surface area contributed by atoms with Crippen LogP contribution in [0.2, 0.25) is 5.02 Å². The summed E-state index contributed by atoms with van der Waals surface area (Å²) < 4.78 is 3.63. The third-order valence-corrected chi connectivity index (χ3v) is 5.25. The number of aryl methyl sites for hydroxylation is 3. The Kier molecular flexibility index (Phi) is 5.37. The van der Waals surface area contributed by atoms with E-state index in [-0.39, 0.29) is 11.9 Å². The number of carbonyl (C=O) groups is 1. The fraction of sp³-hybridized carbons (Fsp3) is 0.350. The molecule has 142 valence electrons. The van der Waals surface area contributed by atoms with Crippen molar-refractivity contribution in [1.29, 1.82) is 0 Å². The van der Waals surface area contributed by atoms with E-state index in [2.05, 4.69) is 15.5 Å². The Labute approximate surface area is 164 Å². The molecule has 0 radical (unpaired) electrons. The Bertz CT molecular complexity index is 971. The molecule has 1 unspecified atom stereocenters. The van der Waals surface area contributed by atoms with E-state index in [0.29, 0.717) is 17.1 Å². The summed E-state index contributed by atoms with van der Waals surface area (Å²) in [5.74, 6) is -0.105. The Balaban J connectivity index is 1.68. The number of nitrogens with zero attached hydrogens (tertiary/aromatic N) is 4. The van der Waals surface area contributed by atoms with Crippen molar-refractivity contribution in [3.8, 4) is 0 Å². The quantitative estimate of drug-likeness (QED) is 0.727. The largest absolute Gasteiger partial charge is 0.345 e. The number of nitrogens with one attached hydrogen (secondary N) is 1. The zero-order chi connectivity index (χ0) is 19.7. The van der Waals surface area contributed by atoms with Crippen LogP contribution in [0.15, 0.2) is 30.5 Å². The van der Waals surface area contributed by atoms with Crippen molar-refractivity contribution in [2.45, 2.75) is 40.3 Å². The minimum absolute atomic E-state index is 0.105. The van der Waals surface area contributed by atoms with Crippen LogP contribution in [-0.2, 0) is 13.6 Å². The lowest BCUT2D eigenvalue weighted by molar-refractivity contribution is 0.0940. The Morgan fingerprint density at radius 1 is 1.15 bits per heavy atom. The van der Waals surface area contributed by atoms with E-state index in [1.54, 1.807) is 4.68 Å². The van der Waals surface area contributed by atoms with Gasteiger partial charge in [0.15, 0.2) is 0 Å². The summed E-state index contributed by atoms with van der Waals surface area (Å²) >= 11 is 6.20. The summed E-state index contributed by atoms with van der Waals surface area (Å²) in [7, 11) is 1.87. The van der Waals surface area contributed by atoms with Gasteiger partial charge < -0.3 is 5.32 Å². The summed E-state index contributed by atoms with van der Waals surface area (Å²) in [6, 6.07) is 7.45. The molecule has 3 rings (SSSR count). The highest BCUT2D eigenvalue weighted by molar-refractivity contribution is 6.31. The number of hydrogen-bond acceptors (Lipinski definition) is 3. The van der Waals surface area contributed by atoms with Gasteiger partial charge in [0.2, 0.25) is 0 Å². The topological polar surface area (TPSA) is 64.7 Å². The highest BCUT2D eigenvalue weighted by atomic mass is 35.5. The molecule has 1 amide bonds. The van der Waals surface area contributed by atoms with Gasteiger partial charge in [-0.1, -0.05) is 23.7 Å². The molecule has 2 heterocycles. The van der Waals surface area contributed by atoms with Crippen LogP contribution in [0.4, 0.5) is 0 Å². The fourth-order valence-electron chi connectivity index (χ4n) is 3.16. The molecule has 0 spiro atoms. The molecule has 0 saturated carbocycles. The van der Waals surface area contributed by atoms with E-state index in [1.165, 1.54) is 0 Å². The summed E-state index contributed by atoms with van der Waals surface area (Å²) in [6.07, 6.45) is 1.93. The van der Waals surface area contributed by atoms with Gasteiger partial charge in [-0.25, -0.2) is 0 Å². The van der Waals surface area contributed by atoms with Crippen LogP contribution in [0.3, 0.4) is 0 Å². The van der Waals surface area contributed by atoms with Crippen molar-refractivity contribution >= 4 is 17.5 Å². The molecule has 0 bridgehead atoms. The molecule has 1 N–H and O–H groups in total. The molecule has 0 aliphatic rings. The third kappa shape index (κ3) is 4.06. The summed E-state index contributed by atoms with van der Waals surface area (Å²) in [4.78, 5) is 12.5. The molecule has 1 atom stereocenters. The third-order valence-electron chi connectivity index (χ3n) is 4.71. The minimum Gasteiger partial charge on any atom is -0.345 e. The molecular formula is C20H24ClN5O. The fourth-order valence-corrected chi connectivity index (χ4v) is 3.30. The van der Waals surface area contributed by atoms with Gasteiger partial charge in [0.05, 0.1) is 34.7 Å². The first kappa shape index (κ1) is 19.2. The maximum absolute atomic E-state index is 12.5. The van der Waals surface area contributed by atoms with E-state index >= 15 is 0 Å². The molecule has 2 aromatic heterocycles. The van der Waals surface area contributed by atoms with Crippen LogP contribution >= 0.6 is 11.6 Å². The van der Waals surface area contributed by atoms with Crippen molar-refractivity contribution < 1.29 is 4.79 Å². The van der Waals surface area contributed by atoms with Crippen LogP contribution in [0.1, 0.15) is 51.5 Å². The molecule has 3 aromatic rings. The first-order valence-corrected chi connectivity index (χ1v) is 9.23. The summed E-state index contributed by atoms with van der Waals surface area (Å²) in [5.41, 5.74) is 5.39. The maximum Gasteiger partial charge on any atom is 0.251 e. The average molecular weight is 386 g/mol. The van der Waals surface area contributed by atoms with Gasteiger partial charge in [-0.15, -0.1) is 0 Å². The molecule has 6 nitrogen and oxygen atoms in total. The van der Waals surface area contributed by atoms with Crippen molar-refractivity contribution in [3.63, 3.8) is 0 Å². The number of aromatic nitrogens is 4. The predicted molar refractivity (Wildman–Crippen MR) is 106 cm³/mol. The number of hydrogen-bond donors (Lipinski definition) is 1. The van der Waals surface area contributed by atoms with Crippen LogP contribution in [0.25, 0.3) is 0 Å². The van der Waals surface area contributed by atoms with E-state index in [1.807, 2.05) is 69.9 Å². The van der Waals surface area contributed by atoms with Crippen molar-refractivity contribution in [3.05, 3.63) is 69.3 Å². The Hall–Kier alpha value is -2.60. The lowest BCUT2D eigenvalue weighted by Crippen LogP contribution is -2.26. The van der Waals surface area contributed by atoms with Gasteiger partial charge in [-0.05, 0) is 45.4 Å². The smallest absolute Gasteiger partial charge is 0.251 e. The van der Waals surface area contributed by atoms with Crippen molar-refractivity contribution in [2.24, 2.45) is 7.05 Å². The second kappa shape index (κ2) is 7.56. The SMILES string of the molecule is Cc1nn(C)cc1C(C)NC(=O)c1ccc(Cn2nc(C)c(Cl)c2C)cc1. The van der Waals surface area contributed by atoms with Crippen LogP contribution < -0.4 is 5.32 Å². The van der Waals surface area contributed by atoms with E-state index in [9.17, 15) is 4.79 Å². The molecule has 0 aliphatic carbocycles. The second-order valence-electron chi connectivity index (χ2n) is 6.88. The second-order valence-corrected chi connectivity index (χ2v) is 7.26. The minimum atomic E-state index is -0.109. The monoisotopic (exact) mass is 385 g/mol. The number of rotatable bonds is 5. The molecular weight excluding hydrogens is 362 g/mol. The van der Waals surface area contributed by atoms with Gasteiger partial charge in [0.25, 0.3) is 5.91 Å². The predicted octanol–water partition coefficient (Wildman–Crippen LogP) is 3.73. The molecule has 0 aliphatic heterocycles. The standard InChI is InChI=1S/C20H24ClN5O/c1-12(18-11-25(5)23-13(18)2)22-20(27)17-8-6-16(7-9-17)10-26-15(4)19(21)14(3)24-26/h6-9,11-12H,10H2,1-5H3,(H,22,27). The zero-order valence-corrected chi connectivity index (χ0v) is 17.0. The lowest BCUT2D eigenvalue weighted by Gasteiger charge is -2.13. The van der Waals surface area contributed by atoms with Gasteiger partial charge in [0.1, 0.15) is 0 Å². The van der Waals surface area contributed by atoms with Crippen LogP contribution in [-0.4, -0.2) is 25.5 Å². The average Bonchev–Trinajstić information content (AvgIpc) is 3.09. The molecule has 0 fully saturated rings. The number of carbonyl (C=O) groups excluding carboxylic acids is 1. The molecule has 27 heavy (non-hydrogen) atoms. The van der Waals surface area contributed by atoms with Gasteiger partial charge in [0, 0.05) is 24.4 Å². The highest BCUT2D eigenvalue weighted by Gasteiger charge is 2.16. The van der Waals surface area contributed by atoms with E-state index in [4.69, 9.17) is 11.6 Å². The van der Waals surface area contributed by atoms with Gasteiger partial charge in [-0.2, -0.15) is 10.2 Å². The van der Waals surface area contributed by atoms with Gasteiger partial charge >= 0.3 is 0 Å². The zero-order valence-electron chi connectivity index (χ0n) is 16.2. The Morgan fingerprint density at radius 2 is 1.81 bits per heavy atom. The first-order valence-electron chi connectivity index (χ1n) is 8.85. The normalized spacial score (nSPS) is 12.2. The molecule has 0 saturated heterocycles. The highest BCUT2D eigenvalue weighted by Crippen LogP contribution is 2.20. The van der Waals surface area contributed by atoms with Crippen LogP contribution in [0.5, 0.6) is 0 Å². The number of benzene rings is 1. The van der Waals surface area contributed by atoms with E-state index in [0.717, 1.165) is 28.2 Å². The summed E-state index contributed by atoms with van der Waals surface area (Å²) in [5, 5.41) is 12.5. The lowest BCUT2D eigenvalue weighted by atomic mass is 10.1. The van der Waals surface area contributed by atoms with Crippen molar-refractivity contribution in [1.82, 2.24) is 24.9 Å². The maximum atomic E-state index is 12.5. The first-order chi connectivity index (χ1) is 12.8. The Morgan fingerprint density at radius 3 is 2.33 bits per heavy atom. The van der Waals surface area contributed by atoms with Crippen molar-refractivity contribution in [2.75, 3.05) is 0 Å². The van der Waals surface area contributed by atoms with Crippen LogP contribution in [0, 0.1) is 20.8 Å². The molecule has 1 aromatic carbocycles. The van der Waals surface area contributed by atoms with E-state index < -0.39 is 0 Å². The van der Waals surface area contributed by atoms with Gasteiger partial charge in [-0.3, -0.25) is 14.2 Å². The summed E-state index contributed by atoms with van der Waals surface area (Å²) in [6.45, 7) is 8.36.